The van der Waals surface area contributed by atoms with Crippen LogP contribution < -0.4 is 16.8 Å². The molecule has 1 aliphatic carbocycles. The van der Waals surface area contributed by atoms with Gasteiger partial charge in [-0.3, -0.25) is 0 Å². The summed E-state index contributed by atoms with van der Waals surface area (Å²) in [5, 5.41) is 3.49. The smallest absolute Gasteiger partial charge is 0.0661 e. The van der Waals surface area contributed by atoms with Crippen LogP contribution in [0.1, 0.15) is 20.3 Å². The van der Waals surface area contributed by atoms with Gasteiger partial charge in [0.25, 0.3) is 0 Å². The zero-order valence-electron chi connectivity index (χ0n) is 10.7. The van der Waals surface area contributed by atoms with E-state index in [1.165, 1.54) is 0 Å². The van der Waals surface area contributed by atoms with Crippen LogP contribution in [0.4, 0.5) is 17.1 Å². The number of nitrogen functional groups attached to an aromatic ring is 2. The minimum absolute atomic E-state index is 0.144. The Morgan fingerprint density at radius 1 is 1.29 bits per heavy atom. The Morgan fingerprint density at radius 2 is 2.00 bits per heavy atom. The molecule has 2 unspecified atom stereocenters. The van der Waals surface area contributed by atoms with Gasteiger partial charge in [0.05, 0.1) is 17.5 Å². The van der Waals surface area contributed by atoms with Gasteiger partial charge in [0, 0.05) is 24.3 Å². The molecule has 4 nitrogen and oxygen atoms in total. The molecule has 94 valence electrons. The van der Waals surface area contributed by atoms with E-state index in [9.17, 15) is 0 Å². The van der Waals surface area contributed by atoms with Crippen LogP contribution in [0.3, 0.4) is 0 Å². The third-order valence-corrected chi connectivity index (χ3v) is 3.89. The molecule has 17 heavy (non-hydrogen) atoms. The van der Waals surface area contributed by atoms with Gasteiger partial charge in [-0.25, -0.2) is 0 Å². The van der Waals surface area contributed by atoms with E-state index >= 15 is 0 Å². The number of anilines is 3. The summed E-state index contributed by atoms with van der Waals surface area (Å²) in [4.78, 5) is 0. The zero-order valence-corrected chi connectivity index (χ0v) is 10.7. The molecule has 1 aromatic carbocycles. The maximum Gasteiger partial charge on any atom is 0.0661 e. The summed E-state index contributed by atoms with van der Waals surface area (Å²) in [6.45, 7) is 4.42. The van der Waals surface area contributed by atoms with Crippen LogP contribution in [-0.2, 0) is 4.74 Å². The Balaban J connectivity index is 2.05. The molecule has 0 amide bonds. The summed E-state index contributed by atoms with van der Waals surface area (Å²) in [5.74, 6) is 0. The van der Waals surface area contributed by atoms with Crippen molar-refractivity contribution in [2.24, 2.45) is 5.41 Å². The lowest BCUT2D eigenvalue weighted by Gasteiger charge is -2.51. The lowest BCUT2D eigenvalue weighted by molar-refractivity contribution is -0.0794. The minimum Gasteiger partial charge on any atom is -0.397 e. The van der Waals surface area contributed by atoms with Gasteiger partial charge < -0.3 is 21.5 Å². The first-order valence-corrected chi connectivity index (χ1v) is 5.89. The molecule has 1 aromatic rings. The molecular formula is C13H21N3O. The third kappa shape index (κ3) is 2.05. The molecule has 0 bridgehead atoms. The van der Waals surface area contributed by atoms with Crippen LogP contribution in [0.25, 0.3) is 0 Å². The van der Waals surface area contributed by atoms with Gasteiger partial charge in [0.15, 0.2) is 0 Å². The maximum atomic E-state index is 5.79. The van der Waals surface area contributed by atoms with Crippen molar-refractivity contribution >= 4 is 17.1 Å². The van der Waals surface area contributed by atoms with Crippen molar-refractivity contribution in [2.45, 2.75) is 32.4 Å². The van der Waals surface area contributed by atoms with Gasteiger partial charge in [-0.05, 0) is 24.6 Å². The van der Waals surface area contributed by atoms with Crippen molar-refractivity contribution in [1.29, 1.82) is 0 Å². The van der Waals surface area contributed by atoms with Crippen molar-refractivity contribution in [3.8, 4) is 0 Å². The minimum atomic E-state index is 0.144. The topological polar surface area (TPSA) is 73.3 Å². The number of nitrogens with two attached hydrogens (primary N) is 2. The molecule has 4 heteroatoms. The number of benzene rings is 1. The molecule has 1 saturated carbocycles. The molecule has 2 rings (SSSR count). The zero-order chi connectivity index (χ0) is 12.6. The first kappa shape index (κ1) is 12.0. The van der Waals surface area contributed by atoms with E-state index in [1.807, 2.05) is 18.2 Å². The summed E-state index contributed by atoms with van der Waals surface area (Å²) in [7, 11) is 1.77. The first-order chi connectivity index (χ1) is 7.95. The van der Waals surface area contributed by atoms with Gasteiger partial charge in [0.2, 0.25) is 0 Å². The van der Waals surface area contributed by atoms with E-state index in [2.05, 4.69) is 19.2 Å². The summed E-state index contributed by atoms with van der Waals surface area (Å²) >= 11 is 0. The van der Waals surface area contributed by atoms with Gasteiger partial charge in [0.1, 0.15) is 0 Å². The summed E-state index contributed by atoms with van der Waals surface area (Å²) in [6.07, 6.45) is 1.35. The second-order valence-corrected chi connectivity index (χ2v) is 5.32. The molecule has 0 aliphatic heterocycles. The molecular weight excluding hydrogens is 214 g/mol. The number of ether oxygens (including phenoxy) is 1. The second-order valence-electron chi connectivity index (χ2n) is 5.32. The summed E-state index contributed by atoms with van der Waals surface area (Å²) in [6, 6.07) is 6.08. The normalized spacial score (nSPS) is 26.3. The standard InChI is InChI=1S/C13H21N3O/c1-13(2)11(7-12(13)17-3)16-8-4-5-9(14)10(15)6-8/h4-6,11-12,16H,7,14-15H2,1-3H3. The van der Waals surface area contributed by atoms with Crippen molar-refractivity contribution in [2.75, 3.05) is 23.9 Å². The molecule has 0 radical (unpaired) electrons. The van der Waals surface area contributed by atoms with Crippen LogP contribution in [0.15, 0.2) is 18.2 Å². The van der Waals surface area contributed by atoms with Gasteiger partial charge in [-0.15, -0.1) is 0 Å². The lowest BCUT2D eigenvalue weighted by Crippen LogP contribution is -2.57. The first-order valence-electron chi connectivity index (χ1n) is 5.89. The van der Waals surface area contributed by atoms with E-state index in [4.69, 9.17) is 16.2 Å². The second kappa shape index (κ2) is 4.11. The Bertz CT molecular complexity index is 417. The van der Waals surface area contributed by atoms with E-state index in [0.29, 0.717) is 23.5 Å². The highest BCUT2D eigenvalue weighted by atomic mass is 16.5. The number of hydrogen-bond acceptors (Lipinski definition) is 4. The van der Waals surface area contributed by atoms with Gasteiger partial charge in [-0.1, -0.05) is 13.8 Å². The quantitative estimate of drug-likeness (QED) is 0.701. The Kier molecular flexibility index (Phi) is 2.91. The molecule has 2 atom stereocenters. The van der Waals surface area contributed by atoms with Gasteiger partial charge in [-0.2, -0.15) is 0 Å². The SMILES string of the molecule is COC1CC(Nc2ccc(N)c(N)c2)C1(C)C. The molecule has 5 N–H and O–H groups in total. The lowest BCUT2D eigenvalue weighted by atomic mass is 9.64. The van der Waals surface area contributed by atoms with Crippen LogP contribution >= 0.6 is 0 Å². The molecule has 1 fully saturated rings. The average Bonchev–Trinajstić information content (AvgIpc) is 2.28. The fourth-order valence-corrected chi connectivity index (χ4v) is 2.40. The number of rotatable bonds is 3. The maximum absolute atomic E-state index is 5.79. The Morgan fingerprint density at radius 3 is 2.53 bits per heavy atom. The van der Waals surface area contributed by atoms with Crippen LogP contribution in [0, 0.1) is 5.41 Å². The number of methoxy groups -OCH3 is 1. The molecule has 0 aromatic heterocycles. The van der Waals surface area contributed by atoms with Crippen LogP contribution in [-0.4, -0.2) is 19.3 Å². The fraction of sp³-hybridized carbons (Fsp3) is 0.538. The Labute approximate surface area is 102 Å². The summed E-state index contributed by atoms with van der Waals surface area (Å²) in [5.41, 5.74) is 13.9. The van der Waals surface area contributed by atoms with E-state index < -0.39 is 0 Å². The predicted octanol–water partition coefficient (Wildman–Crippen LogP) is 2.08. The Hall–Kier alpha value is -1.42. The number of hydrogen-bond donors (Lipinski definition) is 3. The molecule has 0 saturated heterocycles. The van der Waals surface area contributed by atoms with Crippen LogP contribution in [0.2, 0.25) is 0 Å². The monoisotopic (exact) mass is 235 g/mol. The van der Waals surface area contributed by atoms with Crippen LogP contribution in [0.5, 0.6) is 0 Å². The highest BCUT2D eigenvalue weighted by Gasteiger charge is 2.48. The summed E-state index contributed by atoms with van der Waals surface area (Å²) < 4.78 is 5.43. The van der Waals surface area contributed by atoms with E-state index in [-0.39, 0.29) is 5.41 Å². The third-order valence-electron chi connectivity index (χ3n) is 3.89. The van der Waals surface area contributed by atoms with Crippen molar-refractivity contribution < 1.29 is 4.74 Å². The van der Waals surface area contributed by atoms with E-state index in [0.717, 1.165) is 12.1 Å². The van der Waals surface area contributed by atoms with E-state index in [1.54, 1.807) is 7.11 Å². The van der Waals surface area contributed by atoms with Crippen molar-refractivity contribution in [3.05, 3.63) is 18.2 Å². The largest absolute Gasteiger partial charge is 0.397 e. The highest BCUT2D eigenvalue weighted by Crippen LogP contribution is 2.44. The molecule has 0 heterocycles. The molecule has 0 spiro atoms. The van der Waals surface area contributed by atoms with Crippen molar-refractivity contribution in [1.82, 2.24) is 0 Å². The average molecular weight is 235 g/mol. The fourth-order valence-electron chi connectivity index (χ4n) is 2.40. The van der Waals surface area contributed by atoms with Crippen molar-refractivity contribution in [3.63, 3.8) is 0 Å². The number of nitrogens with one attached hydrogen (secondary N) is 1. The van der Waals surface area contributed by atoms with Gasteiger partial charge >= 0.3 is 0 Å². The predicted molar refractivity (Wildman–Crippen MR) is 71.9 cm³/mol. The molecule has 1 aliphatic rings. The highest BCUT2D eigenvalue weighted by molar-refractivity contribution is 5.69.